The second-order valence-electron chi connectivity index (χ2n) is 3.37. The molecule has 80 valence electrons. The lowest BCUT2D eigenvalue weighted by Gasteiger charge is -1.98. The molecule has 0 fully saturated rings. The van der Waals surface area contributed by atoms with Crippen LogP contribution in [-0.4, -0.2) is 19.6 Å². The van der Waals surface area contributed by atoms with Crippen LogP contribution in [0.1, 0.15) is 18.3 Å². The smallest absolute Gasteiger partial charge is 0.106 e. The van der Waals surface area contributed by atoms with Crippen LogP contribution in [0.15, 0.2) is 18.5 Å². The molecule has 0 radical (unpaired) electrons. The van der Waals surface area contributed by atoms with Crippen LogP contribution in [-0.2, 0) is 19.3 Å². The summed E-state index contributed by atoms with van der Waals surface area (Å²) in [5, 5.41) is 8.72. The Balaban J connectivity index is 2.43. The molecule has 0 amide bonds. The minimum atomic E-state index is 0.439. The lowest BCUT2D eigenvalue weighted by molar-refractivity contribution is 0.746. The van der Waals surface area contributed by atoms with Crippen LogP contribution in [0.5, 0.6) is 0 Å². The van der Waals surface area contributed by atoms with Gasteiger partial charge in [0, 0.05) is 13.2 Å². The molecule has 2 rings (SSSR count). The molecule has 2 aromatic heterocycles. The summed E-state index contributed by atoms with van der Waals surface area (Å²) in [7, 11) is 1.91. The maximum absolute atomic E-state index is 5.71. The molecular formula is C10H13ClN4. The van der Waals surface area contributed by atoms with Crippen molar-refractivity contribution in [3.8, 4) is 5.69 Å². The van der Waals surface area contributed by atoms with Crippen LogP contribution in [0.25, 0.3) is 5.69 Å². The Labute approximate surface area is 93.5 Å². The van der Waals surface area contributed by atoms with Gasteiger partial charge in [0.15, 0.2) is 0 Å². The molecule has 0 aliphatic rings. The summed E-state index contributed by atoms with van der Waals surface area (Å²) in [6.45, 7) is 2.08. The number of nitrogens with zero attached hydrogens (tertiary/aromatic N) is 4. The van der Waals surface area contributed by atoms with Gasteiger partial charge in [-0.2, -0.15) is 10.2 Å². The molecule has 2 aromatic rings. The van der Waals surface area contributed by atoms with Crippen molar-refractivity contribution in [2.45, 2.75) is 19.2 Å². The third-order valence-electron chi connectivity index (χ3n) is 2.25. The van der Waals surface area contributed by atoms with E-state index in [0.717, 1.165) is 23.5 Å². The summed E-state index contributed by atoms with van der Waals surface area (Å²) >= 11 is 5.71. The predicted octanol–water partition coefficient (Wildman–Crippen LogP) is 1.91. The molecule has 0 saturated carbocycles. The molecule has 0 N–H and O–H groups in total. The minimum absolute atomic E-state index is 0.439. The summed E-state index contributed by atoms with van der Waals surface area (Å²) < 4.78 is 3.62. The Bertz CT molecular complexity index is 458. The Morgan fingerprint density at radius 1 is 1.40 bits per heavy atom. The first kappa shape index (κ1) is 10.2. The van der Waals surface area contributed by atoms with E-state index in [9.17, 15) is 0 Å². The van der Waals surface area contributed by atoms with Gasteiger partial charge >= 0.3 is 0 Å². The Hall–Kier alpha value is -1.29. The zero-order valence-electron chi connectivity index (χ0n) is 8.81. The van der Waals surface area contributed by atoms with Gasteiger partial charge in [-0.15, -0.1) is 11.6 Å². The first-order valence-corrected chi connectivity index (χ1v) is 5.41. The van der Waals surface area contributed by atoms with Crippen molar-refractivity contribution in [1.29, 1.82) is 0 Å². The van der Waals surface area contributed by atoms with Gasteiger partial charge in [0.2, 0.25) is 0 Å². The van der Waals surface area contributed by atoms with E-state index in [0.29, 0.717) is 5.88 Å². The van der Waals surface area contributed by atoms with E-state index in [1.54, 1.807) is 4.68 Å². The molecule has 5 heteroatoms. The molecule has 0 aliphatic carbocycles. The molecule has 4 nitrogen and oxygen atoms in total. The van der Waals surface area contributed by atoms with Gasteiger partial charge in [-0.1, -0.05) is 6.92 Å². The summed E-state index contributed by atoms with van der Waals surface area (Å²) in [5.74, 6) is 0.439. The number of rotatable bonds is 3. The molecule has 0 spiro atoms. The molecule has 15 heavy (non-hydrogen) atoms. The Morgan fingerprint density at radius 3 is 2.80 bits per heavy atom. The van der Waals surface area contributed by atoms with Crippen LogP contribution >= 0.6 is 11.6 Å². The van der Waals surface area contributed by atoms with Gasteiger partial charge in [-0.25, -0.2) is 4.68 Å². The van der Waals surface area contributed by atoms with Crippen molar-refractivity contribution < 1.29 is 0 Å². The molecule has 0 aliphatic heterocycles. The summed E-state index contributed by atoms with van der Waals surface area (Å²) in [4.78, 5) is 0. The highest BCUT2D eigenvalue weighted by Gasteiger charge is 2.08. The Kier molecular flexibility index (Phi) is 2.77. The molecule has 0 unspecified atom stereocenters. The third kappa shape index (κ3) is 1.90. The van der Waals surface area contributed by atoms with Crippen molar-refractivity contribution in [3.05, 3.63) is 29.8 Å². The standard InChI is InChI=1S/C10H13ClN4/c1-3-9-10(7-14(2)13-9)15-5-4-8(6-11)12-15/h4-5,7H,3,6H2,1-2H3. The van der Waals surface area contributed by atoms with Crippen molar-refractivity contribution in [3.63, 3.8) is 0 Å². The summed E-state index contributed by atoms with van der Waals surface area (Å²) in [5.41, 5.74) is 2.95. The van der Waals surface area contributed by atoms with E-state index in [2.05, 4.69) is 17.1 Å². The topological polar surface area (TPSA) is 35.6 Å². The highest BCUT2D eigenvalue weighted by molar-refractivity contribution is 6.16. The molecule has 0 bridgehead atoms. The van der Waals surface area contributed by atoms with E-state index in [-0.39, 0.29) is 0 Å². The average molecular weight is 225 g/mol. The number of alkyl halides is 1. The maximum Gasteiger partial charge on any atom is 0.106 e. The van der Waals surface area contributed by atoms with E-state index in [4.69, 9.17) is 11.6 Å². The highest BCUT2D eigenvalue weighted by Crippen LogP contribution is 2.13. The van der Waals surface area contributed by atoms with Crippen molar-refractivity contribution in [2.24, 2.45) is 7.05 Å². The number of halogens is 1. The molecule has 0 atom stereocenters. The predicted molar refractivity (Wildman–Crippen MR) is 59.3 cm³/mol. The fraction of sp³-hybridized carbons (Fsp3) is 0.400. The molecule has 0 aromatic carbocycles. The monoisotopic (exact) mass is 224 g/mol. The highest BCUT2D eigenvalue weighted by atomic mass is 35.5. The van der Waals surface area contributed by atoms with E-state index < -0.39 is 0 Å². The lowest BCUT2D eigenvalue weighted by atomic mass is 10.3. The van der Waals surface area contributed by atoms with Gasteiger partial charge in [-0.3, -0.25) is 4.68 Å². The molecular weight excluding hydrogens is 212 g/mol. The van der Waals surface area contributed by atoms with Gasteiger partial charge in [-0.05, 0) is 12.5 Å². The normalized spacial score (nSPS) is 10.9. The minimum Gasteiger partial charge on any atom is -0.273 e. The van der Waals surface area contributed by atoms with E-state index in [1.807, 2.05) is 30.2 Å². The third-order valence-corrected chi connectivity index (χ3v) is 2.52. The van der Waals surface area contributed by atoms with Gasteiger partial charge < -0.3 is 0 Å². The number of hydrogen-bond donors (Lipinski definition) is 0. The Morgan fingerprint density at radius 2 is 2.20 bits per heavy atom. The quantitative estimate of drug-likeness (QED) is 0.747. The fourth-order valence-corrected chi connectivity index (χ4v) is 1.67. The van der Waals surface area contributed by atoms with Gasteiger partial charge in [0.25, 0.3) is 0 Å². The zero-order valence-corrected chi connectivity index (χ0v) is 9.57. The molecule has 0 saturated heterocycles. The van der Waals surface area contributed by atoms with Crippen molar-refractivity contribution >= 4 is 11.6 Å². The van der Waals surface area contributed by atoms with Gasteiger partial charge in [0.05, 0.1) is 23.5 Å². The second-order valence-corrected chi connectivity index (χ2v) is 3.64. The SMILES string of the molecule is CCc1nn(C)cc1-n1ccc(CCl)n1. The largest absolute Gasteiger partial charge is 0.273 e. The maximum atomic E-state index is 5.71. The first-order chi connectivity index (χ1) is 7.24. The summed E-state index contributed by atoms with van der Waals surface area (Å²) in [6, 6.07) is 1.92. The van der Waals surface area contributed by atoms with Crippen LogP contribution < -0.4 is 0 Å². The van der Waals surface area contributed by atoms with Crippen LogP contribution in [0.2, 0.25) is 0 Å². The van der Waals surface area contributed by atoms with E-state index in [1.165, 1.54) is 0 Å². The lowest BCUT2D eigenvalue weighted by Crippen LogP contribution is -1.97. The number of aryl methyl sites for hydroxylation is 2. The fourth-order valence-electron chi connectivity index (χ4n) is 1.53. The van der Waals surface area contributed by atoms with Crippen LogP contribution in [0, 0.1) is 0 Å². The van der Waals surface area contributed by atoms with Crippen LogP contribution in [0.4, 0.5) is 0 Å². The van der Waals surface area contributed by atoms with Crippen molar-refractivity contribution in [1.82, 2.24) is 19.6 Å². The zero-order chi connectivity index (χ0) is 10.8. The summed E-state index contributed by atoms with van der Waals surface area (Å²) in [6.07, 6.45) is 4.77. The first-order valence-electron chi connectivity index (χ1n) is 4.88. The number of hydrogen-bond acceptors (Lipinski definition) is 2. The average Bonchev–Trinajstić information content (AvgIpc) is 2.82. The van der Waals surface area contributed by atoms with Crippen molar-refractivity contribution in [2.75, 3.05) is 0 Å². The second kappa shape index (κ2) is 4.06. The van der Waals surface area contributed by atoms with Gasteiger partial charge in [0.1, 0.15) is 5.69 Å². The molecule has 2 heterocycles. The number of aromatic nitrogens is 4. The van der Waals surface area contributed by atoms with Crippen LogP contribution in [0.3, 0.4) is 0 Å². The van der Waals surface area contributed by atoms with E-state index >= 15 is 0 Å².